The minimum Gasteiger partial charge on any atom is -0.485 e. The standard InChI is InChI=1S/C27H21ClN2O7/c1-15(19-4-2-3-5-20(19)28)35-27(33)30-21-13-29-37-25(21)17-8-6-16(7-9-17)18-10-11-22-23(12-18)34-14-24(36-22)26(31)32/h2-13,15,24H,14H2,1H3,(H,30,33)(H,31,32). The van der Waals surface area contributed by atoms with Gasteiger partial charge in [0.15, 0.2) is 17.3 Å². The first-order chi connectivity index (χ1) is 17.9. The number of aromatic nitrogens is 1. The monoisotopic (exact) mass is 520 g/mol. The molecule has 1 amide bonds. The van der Waals surface area contributed by atoms with Crippen LogP contribution in [0.3, 0.4) is 0 Å². The zero-order chi connectivity index (χ0) is 25.9. The van der Waals surface area contributed by atoms with Crippen molar-refractivity contribution in [1.29, 1.82) is 0 Å². The van der Waals surface area contributed by atoms with E-state index >= 15 is 0 Å². The number of carbonyl (C=O) groups excluding carboxylic acids is 1. The molecular weight excluding hydrogens is 500 g/mol. The van der Waals surface area contributed by atoms with Crippen LogP contribution in [0.4, 0.5) is 10.5 Å². The average Bonchev–Trinajstić information content (AvgIpc) is 3.36. The van der Waals surface area contributed by atoms with E-state index in [1.807, 2.05) is 36.4 Å². The third-order valence-electron chi connectivity index (χ3n) is 5.79. The Hall–Kier alpha value is -4.50. The number of anilines is 1. The van der Waals surface area contributed by atoms with Crippen molar-refractivity contribution in [2.45, 2.75) is 19.1 Å². The first-order valence-corrected chi connectivity index (χ1v) is 11.7. The number of amides is 1. The predicted octanol–water partition coefficient (Wildman–Crippen LogP) is 6.20. The molecule has 5 rings (SSSR count). The van der Waals surface area contributed by atoms with Crippen molar-refractivity contribution in [3.63, 3.8) is 0 Å². The van der Waals surface area contributed by atoms with Crippen molar-refractivity contribution in [1.82, 2.24) is 5.16 Å². The van der Waals surface area contributed by atoms with Crippen LogP contribution in [-0.2, 0) is 9.53 Å². The van der Waals surface area contributed by atoms with Crippen LogP contribution in [0.1, 0.15) is 18.6 Å². The van der Waals surface area contributed by atoms with E-state index in [-0.39, 0.29) is 6.61 Å². The Morgan fingerprint density at radius 2 is 1.78 bits per heavy atom. The van der Waals surface area contributed by atoms with Gasteiger partial charge in [0.2, 0.25) is 6.10 Å². The molecule has 3 aromatic carbocycles. The molecule has 2 atom stereocenters. The third-order valence-corrected chi connectivity index (χ3v) is 6.14. The Balaban J connectivity index is 1.28. The maximum atomic E-state index is 12.5. The Morgan fingerprint density at radius 3 is 2.54 bits per heavy atom. The number of halogens is 1. The van der Waals surface area contributed by atoms with Crippen LogP contribution in [0.15, 0.2) is 77.4 Å². The first-order valence-electron chi connectivity index (χ1n) is 11.3. The molecule has 2 N–H and O–H groups in total. The molecule has 188 valence electrons. The highest BCUT2D eigenvalue weighted by molar-refractivity contribution is 6.31. The SMILES string of the molecule is CC(OC(=O)Nc1cnoc1-c1ccc(-c2ccc3c(c2)OCC(C(=O)O)O3)cc1)c1ccccc1Cl. The highest BCUT2D eigenvalue weighted by Crippen LogP contribution is 2.37. The second-order valence-corrected chi connectivity index (χ2v) is 8.66. The van der Waals surface area contributed by atoms with E-state index in [1.54, 1.807) is 37.3 Å². The zero-order valence-electron chi connectivity index (χ0n) is 19.5. The number of fused-ring (bicyclic) bond motifs is 1. The normalized spacial score (nSPS) is 15.0. The number of nitrogens with one attached hydrogen (secondary N) is 1. The van der Waals surface area contributed by atoms with Gasteiger partial charge in [0.1, 0.15) is 18.4 Å². The number of carboxylic acid groups (broad SMARTS) is 1. The van der Waals surface area contributed by atoms with Gasteiger partial charge < -0.3 is 23.8 Å². The molecule has 9 nitrogen and oxygen atoms in total. The molecule has 2 heterocycles. The number of hydrogen-bond acceptors (Lipinski definition) is 7. The molecule has 0 radical (unpaired) electrons. The Bertz CT molecular complexity index is 1450. The summed E-state index contributed by atoms with van der Waals surface area (Å²) in [4.78, 5) is 23.6. The van der Waals surface area contributed by atoms with Crippen LogP contribution in [0.2, 0.25) is 5.02 Å². The maximum absolute atomic E-state index is 12.5. The number of ether oxygens (including phenoxy) is 3. The molecule has 2 unspecified atom stereocenters. The van der Waals surface area contributed by atoms with Crippen LogP contribution in [-0.4, -0.2) is 35.0 Å². The van der Waals surface area contributed by atoms with E-state index in [9.17, 15) is 9.59 Å². The van der Waals surface area contributed by atoms with E-state index in [0.29, 0.717) is 39.1 Å². The quantitative estimate of drug-likeness (QED) is 0.308. The molecule has 0 fully saturated rings. The van der Waals surface area contributed by atoms with Crippen molar-refractivity contribution in [3.05, 3.63) is 83.5 Å². The van der Waals surface area contributed by atoms with Crippen molar-refractivity contribution >= 4 is 29.4 Å². The topological polar surface area (TPSA) is 120 Å². The summed E-state index contributed by atoms with van der Waals surface area (Å²) in [6.07, 6.45) is -0.859. The summed E-state index contributed by atoms with van der Waals surface area (Å²) < 4.78 is 21.9. The van der Waals surface area contributed by atoms with Crippen LogP contribution in [0.5, 0.6) is 11.5 Å². The third kappa shape index (κ3) is 5.22. The molecule has 0 saturated carbocycles. The minimum atomic E-state index is -1.07. The van der Waals surface area contributed by atoms with Crippen LogP contribution in [0, 0.1) is 0 Å². The van der Waals surface area contributed by atoms with Crippen molar-refractivity contribution in [2.75, 3.05) is 11.9 Å². The van der Waals surface area contributed by atoms with Gasteiger partial charge in [-0.15, -0.1) is 0 Å². The van der Waals surface area contributed by atoms with Crippen molar-refractivity contribution in [2.24, 2.45) is 0 Å². The number of rotatable bonds is 6. The molecular formula is C27H21ClN2O7. The second kappa shape index (κ2) is 10.2. The molecule has 4 aromatic rings. The highest BCUT2D eigenvalue weighted by atomic mass is 35.5. The number of aliphatic carboxylic acids is 1. The largest absolute Gasteiger partial charge is 0.485 e. The molecule has 0 bridgehead atoms. The first kappa shape index (κ1) is 24.2. The van der Waals surface area contributed by atoms with Gasteiger partial charge in [0.25, 0.3) is 0 Å². The summed E-state index contributed by atoms with van der Waals surface area (Å²) in [5.41, 5.74) is 3.49. The number of nitrogens with zero attached hydrogens (tertiary/aromatic N) is 1. The number of carboxylic acids is 1. The smallest absolute Gasteiger partial charge is 0.412 e. The summed E-state index contributed by atoms with van der Waals surface area (Å²) in [7, 11) is 0. The summed E-state index contributed by atoms with van der Waals surface area (Å²) >= 11 is 6.19. The lowest BCUT2D eigenvalue weighted by molar-refractivity contribution is -0.147. The fraction of sp³-hybridized carbons (Fsp3) is 0.148. The molecule has 1 aliphatic heterocycles. The van der Waals surface area contributed by atoms with Gasteiger partial charge in [-0.05, 0) is 36.2 Å². The summed E-state index contributed by atoms with van der Waals surface area (Å²) in [5, 5.41) is 16.1. The van der Waals surface area contributed by atoms with Crippen LogP contribution >= 0.6 is 11.6 Å². The molecule has 0 spiro atoms. The lowest BCUT2D eigenvalue weighted by atomic mass is 10.0. The van der Waals surface area contributed by atoms with Crippen molar-refractivity contribution < 1.29 is 33.4 Å². The maximum Gasteiger partial charge on any atom is 0.412 e. The predicted molar refractivity (Wildman–Crippen MR) is 135 cm³/mol. The average molecular weight is 521 g/mol. The lowest BCUT2D eigenvalue weighted by Crippen LogP contribution is -2.36. The lowest BCUT2D eigenvalue weighted by Gasteiger charge is -2.24. The molecule has 0 saturated heterocycles. The van der Waals surface area contributed by atoms with E-state index in [4.69, 9.17) is 35.4 Å². The van der Waals surface area contributed by atoms with Gasteiger partial charge in [0, 0.05) is 16.1 Å². The highest BCUT2D eigenvalue weighted by Gasteiger charge is 2.27. The van der Waals surface area contributed by atoms with Crippen molar-refractivity contribution in [3.8, 4) is 33.9 Å². The van der Waals surface area contributed by atoms with E-state index in [1.165, 1.54) is 6.20 Å². The Labute approximate surface area is 216 Å². The number of benzene rings is 3. The Kier molecular flexibility index (Phi) is 6.70. The Morgan fingerprint density at radius 1 is 1.05 bits per heavy atom. The van der Waals surface area contributed by atoms with E-state index in [0.717, 1.165) is 11.1 Å². The second-order valence-electron chi connectivity index (χ2n) is 8.26. The summed E-state index contributed by atoms with van der Waals surface area (Å²) in [6, 6.07) is 19.9. The minimum absolute atomic E-state index is 0.0639. The van der Waals surface area contributed by atoms with Gasteiger partial charge in [-0.1, -0.05) is 65.3 Å². The molecule has 37 heavy (non-hydrogen) atoms. The van der Waals surface area contributed by atoms with Crippen LogP contribution < -0.4 is 14.8 Å². The molecule has 1 aliphatic rings. The number of hydrogen-bond donors (Lipinski definition) is 2. The van der Waals surface area contributed by atoms with E-state index < -0.39 is 24.3 Å². The van der Waals surface area contributed by atoms with Gasteiger partial charge >= 0.3 is 12.1 Å². The van der Waals surface area contributed by atoms with Gasteiger partial charge in [-0.3, -0.25) is 5.32 Å². The molecule has 10 heteroatoms. The molecule has 1 aromatic heterocycles. The fourth-order valence-corrected chi connectivity index (χ4v) is 4.18. The van der Waals surface area contributed by atoms with Gasteiger partial charge in [-0.2, -0.15) is 0 Å². The van der Waals surface area contributed by atoms with Gasteiger partial charge in [0.05, 0.1) is 6.20 Å². The summed E-state index contributed by atoms with van der Waals surface area (Å²) in [6.45, 7) is 1.67. The van der Waals surface area contributed by atoms with Gasteiger partial charge in [-0.25, -0.2) is 9.59 Å². The van der Waals surface area contributed by atoms with E-state index in [2.05, 4.69) is 10.5 Å². The fourth-order valence-electron chi connectivity index (χ4n) is 3.89. The summed E-state index contributed by atoms with van der Waals surface area (Å²) in [5.74, 6) is 0.156. The zero-order valence-corrected chi connectivity index (χ0v) is 20.3. The van der Waals surface area contributed by atoms with Crippen LogP contribution in [0.25, 0.3) is 22.5 Å². The molecule has 0 aliphatic carbocycles. The number of carbonyl (C=O) groups is 2.